The fraction of sp³-hybridized carbons (Fsp3) is 0.462. The van der Waals surface area contributed by atoms with Crippen molar-refractivity contribution in [3.63, 3.8) is 0 Å². The molecule has 0 saturated carbocycles. The van der Waals surface area contributed by atoms with E-state index in [1.165, 1.54) is 33.1 Å². The number of nitrogens with zero attached hydrogens (tertiary/aromatic N) is 6. The van der Waals surface area contributed by atoms with Crippen LogP contribution in [0, 0.1) is 11.3 Å². The number of hydrogen-bond acceptors (Lipinski definition) is 9. The van der Waals surface area contributed by atoms with Crippen LogP contribution in [0.25, 0.3) is 0 Å². The number of aliphatic carboxylic acids is 1. The summed E-state index contributed by atoms with van der Waals surface area (Å²) in [4.78, 5) is 36.8. The summed E-state index contributed by atoms with van der Waals surface area (Å²) in [5.74, 6) is -1.52. The van der Waals surface area contributed by atoms with Crippen LogP contribution in [0.1, 0.15) is 6.42 Å². The number of β-lactam (4-membered cyclic amide) rings is 1. The van der Waals surface area contributed by atoms with Crippen molar-refractivity contribution in [3.05, 3.63) is 11.3 Å². The number of nitriles is 1. The van der Waals surface area contributed by atoms with E-state index in [2.05, 4.69) is 20.8 Å². The van der Waals surface area contributed by atoms with Gasteiger partial charge in [0, 0.05) is 18.6 Å². The van der Waals surface area contributed by atoms with Gasteiger partial charge in [0.2, 0.25) is 11.1 Å². The molecule has 0 aromatic carbocycles. The number of aryl methyl sites for hydroxylation is 1. The molecule has 1 unspecified atom stereocenters. The largest absolute Gasteiger partial charge is 0.477 e. The molecule has 2 atom stereocenters. The molecular weight excluding hydrogens is 382 g/mol. The molecule has 2 aliphatic heterocycles. The highest BCUT2D eigenvalue weighted by atomic mass is 32.2. The van der Waals surface area contributed by atoms with Crippen molar-refractivity contribution in [2.45, 2.75) is 23.0 Å². The Kier molecular flexibility index (Phi) is 5.14. The Balaban J connectivity index is 1.75. The van der Waals surface area contributed by atoms with Gasteiger partial charge in [0.25, 0.3) is 5.91 Å². The highest BCUT2D eigenvalue weighted by molar-refractivity contribution is 8.01. The zero-order valence-electron chi connectivity index (χ0n) is 13.4. The fourth-order valence-corrected chi connectivity index (χ4v) is 4.92. The Morgan fingerprint density at radius 3 is 2.92 bits per heavy atom. The lowest BCUT2D eigenvalue weighted by Crippen LogP contribution is -2.70. The van der Waals surface area contributed by atoms with Gasteiger partial charge in [0.1, 0.15) is 23.5 Å². The van der Waals surface area contributed by atoms with E-state index in [-0.39, 0.29) is 12.1 Å². The fourth-order valence-electron chi connectivity index (χ4n) is 2.59. The third-order valence-corrected chi connectivity index (χ3v) is 6.20. The van der Waals surface area contributed by atoms with Crippen molar-refractivity contribution < 1.29 is 19.5 Å². The number of carbonyl (C=O) groups is 3. The second kappa shape index (κ2) is 7.34. The molecule has 2 amide bonds. The van der Waals surface area contributed by atoms with Gasteiger partial charge in [-0.2, -0.15) is 5.26 Å². The highest BCUT2D eigenvalue weighted by Gasteiger charge is 2.54. The average molecular weight is 395 g/mol. The second-order valence-corrected chi connectivity index (χ2v) is 7.47. The SMILES string of the molecule is Cn1nnnc1SCC1=C(C(=O)O)N2C(=O)C(NC(=O)CC#N)[C@@H]2SC1. The van der Waals surface area contributed by atoms with Gasteiger partial charge >= 0.3 is 5.97 Å². The first-order valence-corrected chi connectivity index (χ1v) is 9.39. The first-order chi connectivity index (χ1) is 12.4. The summed E-state index contributed by atoms with van der Waals surface area (Å²) in [6.45, 7) is 0. The van der Waals surface area contributed by atoms with Gasteiger partial charge in [-0.3, -0.25) is 14.5 Å². The van der Waals surface area contributed by atoms with Crippen LogP contribution < -0.4 is 5.32 Å². The van der Waals surface area contributed by atoms with E-state index >= 15 is 0 Å². The molecule has 136 valence electrons. The quantitative estimate of drug-likeness (QED) is 0.450. The second-order valence-electron chi connectivity index (χ2n) is 5.42. The number of hydrogen-bond donors (Lipinski definition) is 2. The van der Waals surface area contributed by atoms with E-state index in [9.17, 15) is 19.5 Å². The van der Waals surface area contributed by atoms with Crippen LogP contribution in [0.2, 0.25) is 0 Å². The van der Waals surface area contributed by atoms with Gasteiger partial charge < -0.3 is 10.4 Å². The summed E-state index contributed by atoms with van der Waals surface area (Å²) >= 11 is 2.65. The molecule has 1 saturated heterocycles. The van der Waals surface area contributed by atoms with Crippen molar-refractivity contribution in [3.8, 4) is 6.07 Å². The Labute approximate surface area is 155 Å². The molecule has 26 heavy (non-hydrogen) atoms. The monoisotopic (exact) mass is 395 g/mol. The number of nitrogens with one attached hydrogen (secondary N) is 1. The number of rotatable bonds is 6. The lowest BCUT2D eigenvalue weighted by Gasteiger charge is -2.49. The lowest BCUT2D eigenvalue weighted by atomic mass is 10.0. The van der Waals surface area contributed by atoms with Crippen LogP contribution in [-0.2, 0) is 21.4 Å². The number of carboxylic acids is 1. The van der Waals surface area contributed by atoms with E-state index in [0.29, 0.717) is 22.2 Å². The zero-order valence-corrected chi connectivity index (χ0v) is 15.1. The predicted octanol–water partition coefficient (Wildman–Crippen LogP) is -1.05. The molecule has 2 N–H and O–H groups in total. The summed E-state index contributed by atoms with van der Waals surface area (Å²) in [6, 6.07) is 0.896. The highest BCUT2D eigenvalue weighted by Crippen LogP contribution is 2.41. The van der Waals surface area contributed by atoms with Crippen molar-refractivity contribution in [1.29, 1.82) is 5.26 Å². The molecule has 0 spiro atoms. The number of thioether (sulfide) groups is 2. The van der Waals surface area contributed by atoms with E-state index in [0.717, 1.165) is 0 Å². The van der Waals surface area contributed by atoms with Gasteiger partial charge in [-0.1, -0.05) is 11.8 Å². The Morgan fingerprint density at radius 1 is 1.54 bits per heavy atom. The Bertz CT molecular complexity index is 846. The number of carboxylic acid groups (broad SMARTS) is 1. The van der Waals surface area contributed by atoms with E-state index in [4.69, 9.17) is 5.26 Å². The van der Waals surface area contributed by atoms with Gasteiger partial charge in [0.05, 0.1) is 6.07 Å². The average Bonchev–Trinajstić information content (AvgIpc) is 3.02. The number of tetrazole rings is 1. The number of aromatic nitrogens is 4. The molecule has 3 heterocycles. The van der Waals surface area contributed by atoms with Gasteiger partial charge in [-0.15, -0.1) is 16.9 Å². The van der Waals surface area contributed by atoms with Crippen LogP contribution in [0.3, 0.4) is 0 Å². The van der Waals surface area contributed by atoms with Crippen LogP contribution in [0.15, 0.2) is 16.4 Å². The summed E-state index contributed by atoms with van der Waals surface area (Å²) in [7, 11) is 1.67. The van der Waals surface area contributed by atoms with Crippen LogP contribution in [0.4, 0.5) is 0 Å². The van der Waals surface area contributed by atoms with Crippen LogP contribution in [-0.4, -0.2) is 70.9 Å². The Morgan fingerprint density at radius 2 is 2.31 bits per heavy atom. The minimum absolute atomic E-state index is 0.0628. The molecule has 2 aliphatic rings. The molecule has 11 nitrogen and oxygen atoms in total. The number of amides is 2. The minimum Gasteiger partial charge on any atom is -0.477 e. The summed E-state index contributed by atoms with van der Waals surface area (Å²) in [5, 5.41) is 31.7. The van der Waals surface area contributed by atoms with E-state index in [1.54, 1.807) is 13.1 Å². The summed E-state index contributed by atoms with van der Waals surface area (Å²) < 4.78 is 1.47. The predicted molar refractivity (Wildman–Crippen MR) is 89.4 cm³/mol. The Hall–Kier alpha value is -2.59. The number of fused-ring (bicyclic) bond motifs is 1. The normalized spacial score (nSPS) is 21.7. The third kappa shape index (κ3) is 3.25. The molecular formula is C13H13N7O4S2. The lowest BCUT2D eigenvalue weighted by molar-refractivity contribution is -0.150. The van der Waals surface area contributed by atoms with Gasteiger partial charge in [-0.25, -0.2) is 9.48 Å². The molecule has 0 aliphatic carbocycles. The van der Waals surface area contributed by atoms with Gasteiger partial charge in [0.15, 0.2) is 0 Å². The topological polar surface area (TPSA) is 154 Å². The first kappa shape index (κ1) is 18.2. The summed E-state index contributed by atoms with van der Waals surface area (Å²) in [6.07, 6.45) is -0.351. The van der Waals surface area contributed by atoms with Crippen molar-refractivity contribution in [2.75, 3.05) is 11.5 Å². The standard InChI is InChI=1S/C13H13N7O4S2/c1-19-13(16-17-18-19)26-5-6-4-25-11-8(15-7(21)2-3-14)10(22)20(11)9(6)12(23)24/h8,11H,2,4-5H2,1H3,(H,15,21)(H,23,24)/t8?,11-/m0/s1. The smallest absolute Gasteiger partial charge is 0.352 e. The molecule has 0 bridgehead atoms. The van der Waals surface area contributed by atoms with Crippen LogP contribution in [0.5, 0.6) is 0 Å². The third-order valence-electron chi connectivity index (χ3n) is 3.76. The molecule has 1 fully saturated rings. The van der Waals surface area contributed by atoms with Gasteiger partial charge in [-0.05, 0) is 16.0 Å². The first-order valence-electron chi connectivity index (χ1n) is 7.35. The molecule has 1 aromatic rings. The summed E-state index contributed by atoms with van der Waals surface area (Å²) in [5.41, 5.74) is 0.522. The maximum absolute atomic E-state index is 12.4. The zero-order chi connectivity index (χ0) is 18.8. The molecule has 1 aromatic heterocycles. The van der Waals surface area contributed by atoms with E-state index in [1.807, 2.05) is 0 Å². The van der Waals surface area contributed by atoms with Crippen molar-refractivity contribution in [2.24, 2.45) is 7.05 Å². The molecule has 3 rings (SSSR count). The minimum atomic E-state index is -1.20. The van der Waals surface area contributed by atoms with Crippen molar-refractivity contribution >= 4 is 41.3 Å². The molecule has 0 radical (unpaired) electrons. The van der Waals surface area contributed by atoms with Crippen LogP contribution >= 0.6 is 23.5 Å². The molecule has 13 heteroatoms. The maximum Gasteiger partial charge on any atom is 0.352 e. The van der Waals surface area contributed by atoms with E-state index < -0.39 is 29.2 Å². The number of carbonyl (C=O) groups excluding carboxylic acids is 2. The maximum atomic E-state index is 12.4. The van der Waals surface area contributed by atoms with Crippen molar-refractivity contribution in [1.82, 2.24) is 30.4 Å².